The molecule has 0 radical (unpaired) electrons. The number of carbonyl (C=O) groups is 1. The maximum Gasteiger partial charge on any atom is 0.281 e. The van der Waals surface area contributed by atoms with Crippen LogP contribution in [0.5, 0.6) is 11.6 Å². The van der Waals surface area contributed by atoms with Crippen molar-refractivity contribution in [2.24, 2.45) is 5.92 Å². The standard InChI is InChI=1S/C26H29ClN4O5S/c1-17-12-14-31(26(17,2)3)24-20(7-6-13-28-24)25(32)30-37(33,34)23-9-5-8-22(29-23)36-16-18-15-19(27)10-11-21(18)35-4/h5-11,13,15,17H,12,14,16H2,1-4H3,(H,30,32). The van der Waals surface area contributed by atoms with Crippen molar-refractivity contribution in [3.05, 3.63) is 70.9 Å². The number of methoxy groups -OCH3 is 1. The van der Waals surface area contributed by atoms with Crippen LogP contribution in [-0.4, -0.2) is 43.5 Å². The molecular formula is C26H29ClN4O5S. The SMILES string of the molecule is COc1ccc(Cl)cc1COc1cccc(S(=O)(=O)NC(=O)c2cccnc2N2CCC(C)C2(C)C)n1. The summed E-state index contributed by atoms with van der Waals surface area (Å²) >= 11 is 6.06. The van der Waals surface area contributed by atoms with E-state index in [1.165, 1.54) is 25.3 Å². The van der Waals surface area contributed by atoms with E-state index in [0.717, 1.165) is 13.0 Å². The van der Waals surface area contributed by atoms with Crippen molar-refractivity contribution in [3.63, 3.8) is 0 Å². The van der Waals surface area contributed by atoms with Crippen molar-refractivity contribution in [2.45, 2.75) is 44.4 Å². The maximum absolute atomic E-state index is 13.2. The van der Waals surface area contributed by atoms with E-state index in [0.29, 0.717) is 28.1 Å². The van der Waals surface area contributed by atoms with Crippen molar-refractivity contribution < 1.29 is 22.7 Å². The lowest BCUT2D eigenvalue weighted by Gasteiger charge is -2.36. The fraction of sp³-hybridized carbons (Fsp3) is 0.346. The van der Waals surface area contributed by atoms with Crippen LogP contribution in [0.4, 0.5) is 5.82 Å². The quantitative estimate of drug-likeness (QED) is 0.442. The van der Waals surface area contributed by atoms with Gasteiger partial charge in [0, 0.05) is 34.9 Å². The molecule has 3 heterocycles. The number of carbonyl (C=O) groups excluding carboxylic acids is 1. The monoisotopic (exact) mass is 544 g/mol. The van der Waals surface area contributed by atoms with Crippen molar-refractivity contribution >= 4 is 33.3 Å². The largest absolute Gasteiger partial charge is 0.496 e. The highest BCUT2D eigenvalue weighted by Gasteiger charge is 2.40. The van der Waals surface area contributed by atoms with Gasteiger partial charge in [-0.05, 0) is 62.6 Å². The van der Waals surface area contributed by atoms with E-state index < -0.39 is 15.9 Å². The topological polar surface area (TPSA) is 111 Å². The second-order valence-electron chi connectivity index (χ2n) is 9.36. The Hall–Kier alpha value is -3.37. The van der Waals surface area contributed by atoms with Crippen LogP contribution in [0.15, 0.2) is 59.8 Å². The first-order valence-electron chi connectivity index (χ1n) is 11.7. The van der Waals surface area contributed by atoms with Gasteiger partial charge in [0.1, 0.15) is 18.2 Å². The number of nitrogens with zero attached hydrogens (tertiary/aromatic N) is 3. The summed E-state index contributed by atoms with van der Waals surface area (Å²) in [7, 11) is -2.77. The molecule has 3 aromatic rings. The highest BCUT2D eigenvalue weighted by Crippen LogP contribution is 2.38. The summed E-state index contributed by atoms with van der Waals surface area (Å²) in [5.41, 5.74) is 0.608. The highest BCUT2D eigenvalue weighted by molar-refractivity contribution is 7.90. The fourth-order valence-corrected chi connectivity index (χ4v) is 5.39. The Bertz CT molecular complexity index is 1410. The lowest BCUT2D eigenvalue weighted by atomic mass is 9.90. The molecule has 1 aromatic carbocycles. The molecular weight excluding hydrogens is 516 g/mol. The minimum Gasteiger partial charge on any atom is -0.496 e. The van der Waals surface area contributed by atoms with Crippen molar-refractivity contribution in [1.29, 1.82) is 0 Å². The predicted molar refractivity (Wildman–Crippen MR) is 141 cm³/mol. The zero-order valence-corrected chi connectivity index (χ0v) is 22.6. The minimum absolute atomic E-state index is 0.0513. The van der Waals surface area contributed by atoms with Crippen LogP contribution in [0.25, 0.3) is 0 Å². The number of sulfonamides is 1. The molecule has 2 aromatic heterocycles. The van der Waals surface area contributed by atoms with Crippen molar-refractivity contribution in [1.82, 2.24) is 14.7 Å². The average Bonchev–Trinajstić information content (AvgIpc) is 3.14. The van der Waals surface area contributed by atoms with Gasteiger partial charge < -0.3 is 14.4 Å². The second-order valence-corrected chi connectivity index (χ2v) is 11.4. The third-order valence-corrected chi connectivity index (χ3v) is 8.26. The first kappa shape index (κ1) is 26.7. The molecule has 0 aliphatic carbocycles. The molecule has 1 fully saturated rings. The number of ether oxygens (including phenoxy) is 2. The Labute approximate surface area is 221 Å². The zero-order chi connectivity index (χ0) is 26.8. The number of aromatic nitrogens is 2. The van der Waals surface area contributed by atoms with Crippen molar-refractivity contribution in [2.75, 3.05) is 18.6 Å². The van der Waals surface area contributed by atoms with Crippen LogP contribution in [0, 0.1) is 5.92 Å². The molecule has 0 saturated carbocycles. The lowest BCUT2D eigenvalue weighted by molar-refractivity contribution is 0.0981. The molecule has 1 saturated heterocycles. The normalized spacial score (nSPS) is 16.9. The number of pyridine rings is 2. The molecule has 0 bridgehead atoms. The molecule has 1 atom stereocenters. The molecule has 37 heavy (non-hydrogen) atoms. The summed E-state index contributed by atoms with van der Waals surface area (Å²) in [4.78, 5) is 23.7. The highest BCUT2D eigenvalue weighted by atomic mass is 35.5. The van der Waals surface area contributed by atoms with Gasteiger partial charge in [-0.2, -0.15) is 13.4 Å². The van der Waals surface area contributed by atoms with Crippen LogP contribution < -0.4 is 19.1 Å². The van der Waals surface area contributed by atoms with Crippen molar-refractivity contribution in [3.8, 4) is 11.6 Å². The van der Waals surface area contributed by atoms with Crippen LogP contribution in [0.3, 0.4) is 0 Å². The van der Waals surface area contributed by atoms with Gasteiger partial charge in [-0.3, -0.25) is 4.79 Å². The summed E-state index contributed by atoms with van der Waals surface area (Å²) in [5.74, 6) is 0.684. The van der Waals surface area contributed by atoms with Gasteiger partial charge in [-0.15, -0.1) is 0 Å². The number of nitrogens with one attached hydrogen (secondary N) is 1. The van der Waals surface area contributed by atoms with Gasteiger partial charge in [0.2, 0.25) is 5.88 Å². The third kappa shape index (κ3) is 5.65. The number of rotatable bonds is 8. The van der Waals surface area contributed by atoms with E-state index in [-0.39, 0.29) is 28.6 Å². The van der Waals surface area contributed by atoms with Gasteiger partial charge in [-0.1, -0.05) is 24.6 Å². The fourth-order valence-electron chi connectivity index (χ4n) is 4.27. The molecule has 11 heteroatoms. The van der Waals surface area contributed by atoms with E-state index >= 15 is 0 Å². The van der Waals surface area contributed by atoms with Gasteiger partial charge >= 0.3 is 0 Å². The van der Waals surface area contributed by atoms with E-state index in [9.17, 15) is 13.2 Å². The summed E-state index contributed by atoms with van der Waals surface area (Å²) in [5, 5.41) is 0.157. The number of benzene rings is 1. The Morgan fingerprint density at radius 1 is 1.22 bits per heavy atom. The summed E-state index contributed by atoms with van der Waals surface area (Å²) < 4.78 is 39.3. The summed E-state index contributed by atoms with van der Waals surface area (Å²) in [6.45, 7) is 7.10. The molecule has 1 aliphatic heterocycles. The molecule has 1 unspecified atom stereocenters. The van der Waals surface area contributed by atoms with Gasteiger partial charge in [0.15, 0.2) is 5.03 Å². The van der Waals surface area contributed by atoms with Gasteiger partial charge in [-0.25, -0.2) is 9.71 Å². The average molecular weight is 545 g/mol. The Morgan fingerprint density at radius 2 is 2.00 bits per heavy atom. The number of halogens is 1. The molecule has 196 valence electrons. The van der Waals surface area contributed by atoms with Crippen LogP contribution in [0.2, 0.25) is 5.02 Å². The van der Waals surface area contributed by atoms with Crippen LogP contribution in [-0.2, 0) is 16.6 Å². The molecule has 4 rings (SSSR count). The van der Waals surface area contributed by atoms with E-state index in [4.69, 9.17) is 21.1 Å². The minimum atomic E-state index is -4.30. The Kier molecular flexibility index (Phi) is 7.61. The Balaban J connectivity index is 1.53. The predicted octanol–water partition coefficient (Wildman–Crippen LogP) is 4.46. The summed E-state index contributed by atoms with van der Waals surface area (Å²) in [6.07, 6.45) is 2.54. The first-order chi connectivity index (χ1) is 17.5. The maximum atomic E-state index is 13.2. The van der Waals surface area contributed by atoms with E-state index in [2.05, 4.69) is 40.4 Å². The number of amides is 1. The smallest absolute Gasteiger partial charge is 0.281 e. The van der Waals surface area contributed by atoms with E-state index in [1.807, 2.05) is 0 Å². The molecule has 9 nitrogen and oxygen atoms in total. The molecule has 1 aliphatic rings. The van der Waals surface area contributed by atoms with Gasteiger partial charge in [0.05, 0.1) is 12.7 Å². The third-order valence-electron chi connectivity index (χ3n) is 6.79. The lowest BCUT2D eigenvalue weighted by Crippen LogP contribution is -2.43. The molecule has 0 spiro atoms. The van der Waals surface area contributed by atoms with Crippen LogP contribution in [0.1, 0.15) is 43.1 Å². The number of anilines is 1. The second kappa shape index (κ2) is 10.5. The number of hydrogen-bond acceptors (Lipinski definition) is 8. The van der Waals surface area contributed by atoms with Crippen LogP contribution >= 0.6 is 11.6 Å². The van der Waals surface area contributed by atoms with E-state index in [1.54, 1.807) is 36.5 Å². The first-order valence-corrected chi connectivity index (χ1v) is 13.6. The molecule has 1 N–H and O–H groups in total. The van der Waals surface area contributed by atoms with Gasteiger partial charge in [0.25, 0.3) is 15.9 Å². The number of hydrogen-bond donors (Lipinski definition) is 1. The zero-order valence-electron chi connectivity index (χ0n) is 21.1. The summed E-state index contributed by atoms with van der Waals surface area (Å²) in [6, 6.07) is 12.6. The Morgan fingerprint density at radius 3 is 2.70 bits per heavy atom. The molecule has 1 amide bonds.